The van der Waals surface area contributed by atoms with E-state index in [9.17, 15) is 4.79 Å². The third-order valence-corrected chi connectivity index (χ3v) is 3.85. The van der Waals surface area contributed by atoms with E-state index in [0.29, 0.717) is 17.6 Å². The minimum atomic E-state index is -0.103. The molecule has 0 unspecified atom stereocenters. The minimum absolute atomic E-state index is 0.103. The lowest BCUT2D eigenvalue weighted by Gasteiger charge is -2.04. The second-order valence-corrected chi connectivity index (χ2v) is 5.30. The lowest BCUT2D eigenvalue weighted by molar-refractivity contribution is 0.415. The molecule has 3 aromatic heterocycles. The monoisotopic (exact) mass is 306 g/mol. The van der Waals surface area contributed by atoms with Crippen LogP contribution in [0.5, 0.6) is 5.75 Å². The normalized spacial score (nSPS) is 11.2. The van der Waals surface area contributed by atoms with E-state index in [1.165, 1.54) is 0 Å². The van der Waals surface area contributed by atoms with Gasteiger partial charge in [0.05, 0.1) is 25.5 Å². The van der Waals surface area contributed by atoms with Crippen LogP contribution in [0.1, 0.15) is 5.56 Å². The average Bonchev–Trinajstić information content (AvgIpc) is 2.97. The fourth-order valence-corrected chi connectivity index (χ4v) is 2.70. The molecule has 0 aliphatic heterocycles. The fraction of sp³-hybridized carbons (Fsp3) is 0.118. The Morgan fingerprint density at radius 3 is 3.00 bits per heavy atom. The molecule has 4 aromatic rings. The predicted molar refractivity (Wildman–Crippen MR) is 87.8 cm³/mol. The Balaban J connectivity index is 1.87. The van der Waals surface area contributed by atoms with Gasteiger partial charge in [-0.3, -0.25) is 14.3 Å². The van der Waals surface area contributed by atoms with Crippen molar-refractivity contribution in [1.82, 2.24) is 19.5 Å². The lowest BCUT2D eigenvalue weighted by atomic mass is 10.2. The number of benzene rings is 1. The number of nitrogens with zero attached hydrogens (tertiary/aromatic N) is 3. The van der Waals surface area contributed by atoms with Crippen LogP contribution in [-0.4, -0.2) is 26.6 Å². The molecule has 0 atom stereocenters. The SMILES string of the molecule is COc1ccc2c(c1)[nH]c1c(=O)n(Cc3cccnc3)cnc12. The van der Waals surface area contributed by atoms with Crippen LogP contribution in [-0.2, 0) is 6.54 Å². The van der Waals surface area contributed by atoms with Gasteiger partial charge >= 0.3 is 0 Å². The molecule has 1 aromatic carbocycles. The van der Waals surface area contributed by atoms with Gasteiger partial charge in [0.1, 0.15) is 16.8 Å². The van der Waals surface area contributed by atoms with Crippen molar-refractivity contribution >= 4 is 21.9 Å². The van der Waals surface area contributed by atoms with Crippen LogP contribution >= 0.6 is 0 Å². The molecular formula is C17H14N4O2. The van der Waals surface area contributed by atoms with Gasteiger partial charge in [-0.1, -0.05) is 6.07 Å². The smallest absolute Gasteiger partial charge is 0.277 e. The van der Waals surface area contributed by atoms with Crippen LogP contribution in [0.4, 0.5) is 0 Å². The summed E-state index contributed by atoms with van der Waals surface area (Å²) in [5, 5.41) is 0.909. The van der Waals surface area contributed by atoms with Gasteiger partial charge in [-0.15, -0.1) is 0 Å². The Hall–Kier alpha value is -3.15. The number of ether oxygens (including phenoxy) is 1. The van der Waals surface area contributed by atoms with Gasteiger partial charge in [0, 0.05) is 23.8 Å². The molecule has 114 valence electrons. The van der Waals surface area contributed by atoms with Crippen LogP contribution in [0.15, 0.2) is 53.8 Å². The first kappa shape index (κ1) is 13.5. The highest BCUT2D eigenvalue weighted by Gasteiger charge is 2.11. The summed E-state index contributed by atoms with van der Waals surface area (Å²) in [5.41, 5.74) is 2.86. The number of hydrogen-bond donors (Lipinski definition) is 1. The number of fused-ring (bicyclic) bond motifs is 3. The molecule has 0 fully saturated rings. The first-order valence-corrected chi connectivity index (χ1v) is 7.20. The molecule has 0 aliphatic carbocycles. The van der Waals surface area contributed by atoms with Crippen molar-refractivity contribution in [2.24, 2.45) is 0 Å². The van der Waals surface area contributed by atoms with Crippen LogP contribution in [0, 0.1) is 0 Å². The van der Waals surface area contributed by atoms with E-state index in [2.05, 4.69) is 15.0 Å². The van der Waals surface area contributed by atoms with E-state index in [1.807, 2.05) is 30.3 Å². The molecule has 0 spiro atoms. The van der Waals surface area contributed by atoms with E-state index in [4.69, 9.17) is 4.74 Å². The molecule has 0 bridgehead atoms. The highest BCUT2D eigenvalue weighted by molar-refractivity contribution is 6.04. The topological polar surface area (TPSA) is 72.8 Å². The minimum Gasteiger partial charge on any atom is -0.497 e. The Morgan fingerprint density at radius 2 is 2.22 bits per heavy atom. The maximum Gasteiger partial charge on any atom is 0.277 e. The highest BCUT2D eigenvalue weighted by atomic mass is 16.5. The van der Waals surface area contributed by atoms with Crippen molar-refractivity contribution in [3.05, 3.63) is 65.0 Å². The lowest BCUT2D eigenvalue weighted by Crippen LogP contribution is -2.21. The maximum absolute atomic E-state index is 12.7. The fourth-order valence-electron chi connectivity index (χ4n) is 2.70. The Labute approximate surface area is 131 Å². The van der Waals surface area contributed by atoms with Crippen LogP contribution < -0.4 is 10.3 Å². The molecule has 6 heteroatoms. The average molecular weight is 306 g/mol. The number of pyridine rings is 1. The van der Waals surface area contributed by atoms with Crippen LogP contribution in [0.2, 0.25) is 0 Å². The third-order valence-electron chi connectivity index (χ3n) is 3.85. The molecule has 0 radical (unpaired) electrons. The zero-order valence-electron chi connectivity index (χ0n) is 12.5. The van der Waals surface area contributed by atoms with Crippen LogP contribution in [0.25, 0.3) is 21.9 Å². The van der Waals surface area contributed by atoms with E-state index in [1.54, 1.807) is 30.4 Å². The van der Waals surface area contributed by atoms with Crippen molar-refractivity contribution in [3.63, 3.8) is 0 Å². The van der Waals surface area contributed by atoms with Crippen LogP contribution in [0.3, 0.4) is 0 Å². The molecule has 4 rings (SSSR count). The molecule has 3 heterocycles. The van der Waals surface area contributed by atoms with Gasteiger partial charge in [-0.2, -0.15) is 0 Å². The Kier molecular flexibility index (Phi) is 3.08. The van der Waals surface area contributed by atoms with Crippen molar-refractivity contribution in [1.29, 1.82) is 0 Å². The predicted octanol–water partition coefficient (Wildman–Crippen LogP) is 2.33. The summed E-state index contributed by atoms with van der Waals surface area (Å²) in [7, 11) is 1.61. The number of aromatic amines is 1. The number of methoxy groups -OCH3 is 1. The first-order valence-electron chi connectivity index (χ1n) is 7.20. The molecule has 0 aliphatic rings. The zero-order valence-corrected chi connectivity index (χ0v) is 12.5. The summed E-state index contributed by atoms with van der Waals surface area (Å²) in [6, 6.07) is 9.41. The summed E-state index contributed by atoms with van der Waals surface area (Å²) in [6.07, 6.45) is 5.03. The summed E-state index contributed by atoms with van der Waals surface area (Å²) in [5.74, 6) is 0.736. The molecular weight excluding hydrogens is 292 g/mol. The van der Waals surface area contributed by atoms with Crippen molar-refractivity contribution in [2.45, 2.75) is 6.54 Å². The highest BCUT2D eigenvalue weighted by Crippen LogP contribution is 2.25. The summed E-state index contributed by atoms with van der Waals surface area (Å²) < 4.78 is 6.80. The standard InChI is InChI=1S/C17H14N4O2/c1-23-12-4-5-13-14(7-12)20-16-15(13)19-10-21(17(16)22)9-11-3-2-6-18-8-11/h2-8,10,20H,9H2,1H3. The maximum atomic E-state index is 12.7. The summed E-state index contributed by atoms with van der Waals surface area (Å²) in [4.78, 5) is 24.4. The van der Waals surface area contributed by atoms with Crippen molar-refractivity contribution in [2.75, 3.05) is 7.11 Å². The van der Waals surface area contributed by atoms with Gasteiger partial charge in [-0.25, -0.2) is 4.98 Å². The third kappa shape index (κ3) is 2.24. The summed E-state index contributed by atoms with van der Waals surface area (Å²) in [6.45, 7) is 0.439. The molecule has 0 saturated carbocycles. The molecule has 1 N–H and O–H groups in total. The van der Waals surface area contributed by atoms with E-state index in [-0.39, 0.29) is 5.56 Å². The number of H-pyrrole nitrogens is 1. The molecule has 23 heavy (non-hydrogen) atoms. The zero-order chi connectivity index (χ0) is 15.8. The number of rotatable bonds is 3. The quantitative estimate of drug-likeness (QED) is 0.630. The van der Waals surface area contributed by atoms with E-state index < -0.39 is 0 Å². The molecule has 0 saturated heterocycles. The second kappa shape index (κ2) is 5.24. The number of aromatic nitrogens is 4. The largest absolute Gasteiger partial charge is 0.497 e. The Bertz CT molecular complexity index is 1050. The van der Waals surface area contributed by atoms with Crippen molar-refractivity contribution in [3.8, 4) is 5.75 Å². The van der Waals surface area contributed by atoms with E-state index >= 15 is 0 Å². The van der Waals surface area contributed by atoms with Gasteiger partial charge in [0.25, 0.3) is 5.56 Å². The van der Waals surface area contributed by atoms with Gasteiger partial charge in [-0.05, 0) is 23.8 Å². The molecule has 6 nitrogen and oxygen atoms in total. The Morgan fingerprint density at radius 1 is 1.30 bits per heavy atom. The van der Waals surface area contributed by atoms with E-state index in [0.717, 1.165) is 22.2 Å². The van der Waals surface area contributed by atoms with Gasteiger partial charge in [0.15, 0.2) is 0 Å². The van der Waals surface area contributed by atoms with Gasteiger partial charge in [0.2, 0.25) is 0 Å². The van der Waals surface area contributed by atoms with Gasteiger partial charge < -0.3 is 9.72 Å². The second-order valence-electron chi connectivity index (χ2n) is 5.30. The number of nitrogens with one attached hydrogen (secondary N) is 1. The van der Waals surface area contributed by atoms with Crippen molar-refractivity contribution < 1.29 is 4.74 Å². The number of hydrogen-bond acceptors (Lipinski definition) is 4. The first-order chi connectivity index (χ1) is 11.3. The molecule has 0 amide bonds. The summed E-state index contributed by atoms with van der Waals surface area (Å²) >= 11 is 0.